The second-order valence-corrected chi connectivity index (χ2v) is 4.68. The molecule has 6 heteroatoms. The lowest BCUT2D eigenvalue weighted by Gasteiger charge is -2.08. The number of rotatable bonds is 6. The van der Waals surface area contributed by atoms with Gasteiger partial charge in [-0.3, -0.25) is 4.79 Å². The maximum atomic E-state index is 11.6. The van der Waals surface area contributed by atoms with Gasteiger partial charge in [0.25, 0.3) is 0 Å². The van der Waals surface area contributed by atoms with Crippen molar-refractivity contribution < 1.29 is 19.4 Å². The molecule has 1 aromatic rings. The van der Waals surface area contributed by atoms with Crippen LogP contribution in [0.3, 0.4) is 0 Å². The van der Waals surface area contributed by atoms with Crippen molar-refractivity contribution in [3.05, 3.63) is 29.8 Å². The number of benzene rings is 1. The third kappa shape index (κ3) is 4.55. The fraction of sp³-hybridized carbons (Fsp3) is 0.429. The van der Waals surface area contributed by atoms with Gasteiger partial charge in [-0.2, -0.15) is 0 Å². The molecule has 3 N–H and O–H groups in total. The Bertz CT molecular complexity index is 486. The van der Waals surface area contributed by atoms with Crippen LogP contribution < -0.4 is 10.6 Å². The number of hydrogen-bond donors (Lipinski definition) is 3. The smallest absolute Gasteiger partial charge is 0.407 e. The molecule has 1 aliphatic rings. The summed E-state index contributed by atoms with van der Waals surface area (Å²) >= 11 is 0. The molecule has 1 fully saturated rings. The summed E-state index contributed by atoms with van der Waals surface area (Å²) in [6.07, 6.45) is 1.35. The first kappa shape index (κ1) is 14.3. The van der Waals surface area contributed by atoms with Crippen LogP contribution in [0.4, 0.5) is 10.5 Å². The van der Waals surface area contributed by atoms with E-state index >= 15 is 0 Å². The van der Waals surface area contributed by atoms with Gasteiger partial charge in [0.15, 0.2) is 0 Å². The molecule has 0 bridgehead atoms. The number of aliphatic hydroxyl groups excluding tert-OH is 1. The maximum absolute atomic E-state index is 11.6. The normalized spacial score (nSPS) is 13.7. The van der Waals surface area contributed by atoms with Gasteiger partial charge in [-0.1, -0.05) is 12.1 Å². The van der Waals surface area contributed by atoms with Crippen LogP contribution in [-0.2, 0) is 16.1 Å². The van der Waals surface area contributed by atoms with Crippen molar-refractivity contribution in [2.45, 2.75) is 19.4 Å². The molecule has 0 spiro atoms. The summed E-state index contributed by atoms with van der Waals surface area (Å²) in [7, 11) is 0. The highest BCUT2D eigenvalue weighted by atomic mass is 16.6. The number of carbonyl (C=O) groups is 2. The molecular formula is C14H18N2O4. The molecule has 2 amide bonds. The topological polar surface area (TPSA) is 87.7 Å². The zero-order valence-corrected chi connectivity index (χ0v) is 11.1. The van der Waals surface area contributed by atoms with E-state index in [0.717, 1.165) is 24.1 Å². The number of nitrogens with one attached hydrogen (secondary N) is 2. The average molecular weight is 278 g/mol. The quantitative estimate of drug-likeness (QED) is 0.731. The van der Waals surface area contributed by atoms with E-state index in [1.165, 1.54) is 0 Å². The Hall–Kier alpha value is -2.08. The molecular weight excluding hydrogens is 260 g/mol. The largest absolute Gasteiger partial charge is 0.447 e. The second kappa shape index (κ2) is 6.91. The van der Waals surface area contributed by atoms with E-state index < -0.39 is 6.09 Å². The Morgan fingerprint density at radius 2 is 2.15 bits per heavy atom. The highest BCUT2D eigenvalue weighted by Gasteiger charge is 2.29. The molecule has 0 aliphatic heterocycles. The molecule has 2 rings (SSSR count). The molecule has 0 unspecified atom stereocenters. The van der Waals surface area contributed by atoms with Crippen LogP contribution >= 0.6 is 0 Å². The first-order valence-corrected chi connectivity index (χ1v) is 6.60. The van der Waals surface area contributed by atoms with Crippen LogP contribution in [0.15, 0.2) is 24.3 Å². The molecule has 20 heavy (non-hydrogen) atoms. The molecule has 0 saturated heterocycles. The monoisotopic (exact) mass is 278 g/mol. The van der Waals surface area contributed by atoms with Crippen molar-refractivity contribution in [3.8, 4) is 0 Å². The number of aliphatic hydroxyl groups is 1. The van der Waals surface area contributed by atoms with Gasteiger partial charge in [0.05, 0.1) is 6.61 Å². The highest BCUT2D eigenvalue weighted by Crippen LogP contribution is 2.30. The first-order valence-electron chi connectivity index (χ1n) is 6.60. The summed E-state index contributed by atoms with van der Waals surface area (Å²) in [6.45, 7) is 0.0802. The lowest BCUT2D eigenvalue weighted by molar-refractivity contribution is -0.117. The van der Waals surface area contributed by atoms with E-state index in [1.807, 2.05) is 24.3 Å². The van der Waals surface area contributed by atoms with Crippen LogP contribution in [0, 0.1) is 5.92 Å². The second-order valence-electron chi connectivity index (χ2n) is 4.68. The van der Waals surface area contributed by atoms with Crippen LogP contribution in [0.5, 0.6) is 0 Å². The lowest BCUT2D eigenvalue weighted by Crippen LogP contribution is -2.24. The Labute approximate surface area is 117 Å². The number of anilines is 1. The van der Waals surface area contributed by atoms with Crippen LogP contribution in [0.2, 0.25) is 0 Å². The van der Waals surface area contributed by atoms with Crippen molar-refractivity contribution in [2.75, 3.05) is 18.5 Å². The van der Waals surface area contributed by atoms with Gasteiger partial charge in [-0.15, -0.1) is 0 Å². The molecule has 108 valence electrons. The molecule has 6 nitrogen and oxygen atoms in total. The number of hydrogen-bond acceptors (Lipinski definition) is 4. The fourth-order valence-corrected chi connectivity index (χ4v) is 1.71. The molecule has 1 aromatic carbocycles. The number of carbonyl (C=O) groups excluding carboxylic acids is 2. The van der Waals surface area contributed by atoms with E-state index in [1.54, 1.807) is 0 Å². The summed E-state index contributed by atoms with van der Waals surface area (Å²) in [5.74, 6) is 0.211. The summed E-state index contributed by atoms with van der Waals surface area (Å²) in [5, 5.41) is 13.9. The van der Waals surface area contributed by atoms with Crippen molar-refractivity contribution >= 4 is 17.7 Å². The minimum Gasteiger partial charge on any atom is -0.447 e. The van der Waals surface area contributed by atoms with Gasteiger partial charge < -0.3 is 20.5 Å². The standard InChI is InChI=1S/C14H18N2O4/c17-6-7-20-14(19)15-9-10-2-1-3-12(8-10)16-13(18)11-4-5-11/h1-3,8,11,17H,4-7,9H2,(H,15,19)(H,16,18). The van der Waals surface area contributed by atoms with Gasteiger partial charge >= 0.3 is 6.09 Å². The van der Waals surface area contributed by atoms with E-state index in [0.29, 0.717) is 6.54 Å². The zero-order chi connectivity index (χ0) is 14.4. The van der Waals surface area contributed by atoms with E-state index in [4.69, 9.17) is 5.11 Å². The van der Waals surface area contributed by atoms with Crippen LogP contribution in [0.1, 0.15) is 18.4 Å². The Kier molecular flexibility index (Phi) is 4.95. The third-order valence-electron chi connectivity index (χ3n) is 2.90. The van der Waals surface area contributed by atoms with Crippen LogP contribution in [-0.4, -0.2) is 30.3 Å². The predicted molar refractivity (Wildman–Crippen MR) is 73.1 cm³/mol. The minimum absolute atomic E-state index is 0.0245. The Morgan fingerprint density at radius 1 is 1.35 bits per heavy atom. The number of ether oxygens (including phenoxy) is 1. The maximum Gasteiger partial charge on any atom is 0.407 e. The number of alkyl carbamates (subject to hydrolysis) is 1. The summed E-state index contributed by atoms with van der Waals surface area (Å²) in [6, 6.07) is 7.29. The summed E-state index contributed by atoms with van der Waals surface area (Å²) in [5.41, 5.74) is 1.59. The van der Waals surface area contributed by atoms with E-state index in [2.05, 4.69) is 15.4 Å². The van der Waals surface area contributed by atoms with Crippen molar-refractivity contribution in [1.29, 1.82) is 0 Å². The van der Waals surface area contributed by atoms with E-state index in [9.17, 15) is 9.59 Å². The van der Waals surface area contributed by atoms with Gasteiger partial charge in [-0.25, -0.2) is 4.79 Å². The van der Waals surface area contributed by atoms with Gasteiger partial charge in [-0.05, 0) is 30.5 Å². The SMILES string of the molecule is O=C(NCc1cccc(NC(=O)C2CC2)c1)OCCO. The molecule has 1 aliphatic carbocycles. The predicted octanol–water partition coefficient (Wildman–Crippen LogP) is 1.25. The first-order chi connectivity index (χ1) is 9.69. The molecule has 0 atom stereocenters. The summed E-state index contributed by atoms with van der Waals surface area (Å²) < 4.78 is 4.68. The Morgan fingerprint density at radius 3 is 2.85 bits per heavy atom. The lowest BCUT2D eigenvalue weighted by atomic mass is 10.2. The molecule has 0 radical (unpaired) electrons. The number of amides is 2. The third-order valence-corrected chi connectivity index (χ3v) is 2.90. The van der Waals surface area contributed by atoms with Gasteiger partial charge in [0, 0.05) is 18.2 Å². The molecule has 0 heterocycles. The van der Waals surface area contributed by atoms with Gasteiger partial charge in [0.1, 0.15) is 6.61 Å². The Balaban J connectivity index is 1.82. The van der Waals surface area contributed by atoms with Crippen molar-refractivity contribution in [3.63, 3.8) is 0 Å². The average Bonchev–Trinajstić information content (AvgIpc) is 3.28. The zero-order valence-electron chi connectivity index (χ0n) is 11.1. The highest BCUT2D eigenvalue weighted by molar-refractivity contribution is 5.94. The summed E-state index contributed by atoms with van der Waals surface area (Å²) in [4.78, 5) is 22.9. The van der Waals surface area contributed by atoms with Gasteiger partial charge in [0.2, 0.25) is 5.91 Å². The van der Waals surface area contributed by atoms with E-state index in [-0.39, 0.29) is 25.0 Å². The molecule has 0 aromatic heterocycles. The fourth-order valence-electron chi connectivity index (χ4n) is 1.71. The van der Waals surface area contributed by atoms with Crippen LogP contribution in [0.25, 0.3) is 0 Å². The van der Waals surface area contributed by atoms with Crippen molar-refractivity contribution in [2.24, 2.45) is 5.92 Å². The molecule has 1 saturated carbocycles. The van der Waals surface area contributed by atoms with Crippen molar-refractivity contribution in [1.82, 2.24) is 5.32 Å². The minimum atomic E-state index is -0.577.